The van der Waals surface area contributed by atoms with Crippen LogP contribution >= 0.6 is 0 Å². The Kier molecular flexibility index (Phi) is 6.11. The number of hydrogen-bond acceptors (Lipinski definition) is 5. The second-order valence-electron chi connectivity index (χ2n) is 6.27. The minimum atomic E-state index is -0.947. The van der Waals surface area contributed by atoms with Crippen molar-refractivity contribution >= 4 is 11.7 Å². The Bertz CT molecular complexity index is 972. The van der Waals surface area contributed by atoms with Crippen molar-refractivity contribution in [2.75, 3.05) is 19.0 Å². The van der Waals surface area contributed by atoms with E-state index in [1.54, 1.807) is 13.1 Å². The molecule has 3 aromatic rings. The second-order valence-corrected chi connectivity index (χ2v) is 6.27. The van der Waals surface area contributed by atoms with Crippen molar-refractivity contribution in [1.82, 2.24) is 4.98 Å². The highest BCUT2D eigenvalue weighted by Gasteiger charge is 2.12. The number of benzene rings is 2. The van der Waals surface area contributed by atoms with Gasteiger partial charge in [-0.25, -0.2) is 4.79 Å². The zero-order chi connectivity index (χ0) is 19.9. The highest BCUT2D eigenvalue weighted by Crippen LogP contribution is 2.34. The van der Waals surface area contributed by atoms with Crippen molar-refractivity contribution in [3.63, 3.8) is 0 Å². The van der Waals surface area contributed by atoms with Crippen LogP contribution in [0, 0.1) is 0 Å². The maximum absolute atomic E-state index is 10.5. The van der Waals surface area contributed by atoms with Crippen molar-refractivity contribution in [1.29, 1.82) is 0 Å². The van der Waals surface area contributed by atoms with Crippen LogP contribution in [0.3, 0.4) is 0 Å². The molecule has 0 atom stereocenters. The smallest absolute Gasteiger partial charge is 0.337 e. The van der Waals surface area contributed by atoms with E-state index >= 15 is 0 Å². The van der Waals surface area contributed by atoms with E-state index < -0.39 is 5.97 Å². The minimum Gasteiger partial charge on any atom is -0.507 e. The number of hydrogen-bond donors (Lipinski definition) is 3. The van der Waals surface area contributed by atoms with E-state index in [4.69, 9.17) is 9.84 Å². The fraction of sp³-hybridized carbons (Fsp3) is 0.182. The maximum atomic E-state index is 10.5. The summed E-state index contributed by atoms with van der Waals surface area (Å²) in [5.74, 6) is 0.317. The summed E-state index contributed by atoms with van der Waals surface area (Å²) < 4.78 is 5.64. The number of anilines is 1. The molecule has 6 heteroatoms. The van der Waals surface area contributed by atoms with Crippen LogP contribution in [0.4, 0.5) is 5.69 Å². The van der Waals surface area contributed by atoms with Gasteiger partial charge in [-0.3, -0.25) is 4.98 Å². The fourth-order valence-electron chi connectivity index (χ4n) is 3.01. The molecule has 1 aromatic heterocycles. The Morgan fingerprint density at radius 1 is 1.18 bits per heavy atom. The number of rotatable bonds is 3. The second kappa shape index (κ2) is 8.90. The number of aromatic hydroxyl groups is 1. The molecule has 1 aliphatic heterocycles. The number of fused-ring (bicyclic) bond motifs is 1. The number of para-hydroxylation sites is 1. The van der Waals surface area contributed by atoms with Gasteiger partial charge in [-0.1, -0.05) is 30.3 Å². The third kappa shape index (κ3) is 4.40. The van der Waals surface area contributed by atoms with Gasteiger partial charge in [-0.15, -0.1) is 0 Å². The van der Waals surface area contributed by atoms with Gasteiger partial charge in [0.25, 0.3) is 0 Å². The normalized spacial score (nSPS) is 12.0. The van der Waals surface area contributed by atoms with Gasteiger partial charge in [0.1, 0.15) is 11.5 Å². The zero-order valence-electron chi connectivity index (χ0n) is 15.6. The minimum absolute atomic E-state index is 0.238. The molecule has 28 heavy (non-hydrogen) atoms. The first kappa shape index (κ1) is 19.2. The first-order valence-corrected chi connectivity index (χ1v) is 8.99. The van der Waals surface area contributed by atoms with Gasteiger partial charge in [-0.2, -0.15) is 0 Å². The molecule has 0 saturated heterocycles. The van der Waals surface area contributed by atoms with Crippen molar-refractivity contribution in [3.05, 3.63) is 72.1 Å². The molecule has 1 aliphatic rings. The van der Waals surface area contributed by atoms with E-state index in [2.05, 4.69) is 16.4 Å². The SMILES string of the molecule is CNc1cnccc1C(=O)O.Oc1ccccc1-c1ccc2c(c1)OCCC2. The van der Waals surface area contributed by atoms with Crippen LogP contribution in [-0.2, 0) is 6.42 Å². The van der Waals surface area contributed by atoms with Crippen molar-refractivity contribution < 1.29 is 19.7 Å². The largest absolute Gasteiger partial charge is 0.507 e. The molecule has 0 amide bonds. The Balaban J connectivity index is 0.000000178. The molecule has 0 radical (unpaired) electrons. The highest BCUT2D eigenvalue weighted by atomic mass is 16.5. The van der Waals surface area contributed by atoms with E-state index in [9.17, 15) is 9.90 Å². The van der Waals surface area contributed by atoms with Gasteiger partial charge in [-0.05, 0) is 42.2 Å². The lowest BCUT2D eigenvalue weighted by molar-refractivity contribution is 0.0698. The number of carboxylic acids is 1. The summed E-state index contributed by atoms with van der Waals surface area (Å²) in [6.07, 6.45) is 5.09. The summed E-state index contributed by atoms with van der Waals surface area (Å²) in [7, 11) is 1.66. The predicted molar refractivity (Wildman–Crippen MR) is 108 cm³/mol. The molecule has 0 saturated carbocycles. The number of carboxylic acid groups (broad SMARTS) is 1. The molecule has 0 fully saturated rings. The third-order valence-electron chi connectivity index (χ3n) is 4.45. The fourth-order valence-corrected chi connectivity index (χ4v) is 3.01. The number of nitrogens with one attached hydrogen (secondary N) is 1. The number of aromatic nitrogens is 1. The highest BCUT2D eigenvalue weighted by molar-refractivity contribution is 5.93. The van der Waals surface area contributed by atoms with Crippen LogP contribution in [0.25, 0.3) is 11.1 Å². The lowest BCUT2D eigenvalue weighted by Gasteiger charge is -2.18. The average molecular weight is 378 g/mol. The molecule has 0 bridgehead atoms. The Morgan fingerprint density at radius 2 is 2.00 bits per heavy atom. The molecule has 2 heterocycles. The number of aromatic carboxylic acids is 1. The molecule has 3 N–H and O–H groups in total. The van der Waals surface area contributed by atoms with Crippen LogP contribution in [0.5, 0.6) is 11.5 Å². The summed E-state index contributed by atoms with van der Waals surface area (Å²) in [6.45, 7) is 0.789. The average Bonchev–Trinajstić information content (AvgIpc) is 2.74. The van der Waals surface area contributed by atoms with Gasteiger partial charge in [0.2, 0.25) is 0 Å². The number of nitrogens with zero attached hydrogens (tertiary/aromatic N) is 1. The van der Waals surface area contributed by atoms with E-state index in [0.717, 1.165) is 36.3 Å². The van der Waals surface area contributed by atoms with Gasteiger partial charge in [0.05, 0.1) is 24.1 Å². The maximum Gasteiger partial charge on any atom is 0.337 e. The molecule has 4 rings (SSSR count). The zero-order valence-corrected chi connectivity index (χ0v) is 15.6. The molecule has 0 unspecified atom stereocenters. The molecule has 2 aromatic carbocycles. The monoisotopic (exact) mass is 378 g/mol. The van der Waals surface area contributed by atoms with E-state index in [1.165, 1.54) is 24.0 Å². The first-order valence-electron chi connectivity index (χ1n) is 8.99. The van der Waals surface area contributed by atoms with Crippen LogP contribution in [-0.4, -0.2) is 34.8 Å². The number of aryl methyl sites for hydroxylation is 1. The van der Waals surface area contributed by atoms with Gasteiger partial charge >= 0.3 is 5.97 Å². The van der Waals surface area contributed by atoms with Crippen LogP contribution in [0.15, 0.2) is 60.9 Å². The van der Waals surface area contributed by atoms with Crippen molar-refractivity contribution in [2.45, 2.75) is 12.8 Å². The van der Waals surface area contributed by atoms with Crippen LogP contribution in [0.2, 0.25) is 0 Å². The predicted octanol–water partition coefficient (Wildman–Crippen LogP) is 4.21. The number of pyridine rings is 1. The molecule has 0 aliphatic carbocycles. The molecule has 0 spiro atoms. The summed E-state index contributed by atoms with van der Waals surface area (Å²) in [6, 6.07) is 15.0. The van der Waals surface area contributed by atoms with Gasteiger partial charge < -0.3 is 20.3 Å². The lowest BCUT2D eigenvalue weighted by Crippen LogP contribution is -2.07. The van der Waals surface area contributed by atoms with Gasteiger partial charge in [0, 0.05) is 18.8 Å². The van der Waals surface area contributed by atoms with Gasteiger partial charge in [0.15, 0.2) is 0 Å². The van der Waals surface area contributed by atoms with Crippen molar-refractivity contribution in [3.8, 4) is 22.6 Å². The summed E-state index contributed by atoms with van der Waals surface area (Å²) in [5.41, 5.74) is 3.88. The Morgan fingerprint density at radius 3 is 2.71 bits per heavy atom. The van der Waals surface area contributed by atoms with E-state index in [0.29, 0.717) is 11.4 Å². The number of ether oxygens (including phenoxy) is 1. The molecular formula is C22H22N2O4. The van der Waals surface area contributed by atoms with Crippen LogP contribution in [0.1, 0.15) is 22.3 Å². The first-order chi connectivity index (χ1) is 13.6. The lowest BCUT2D eigenvalue weighted by atomic mass is 9.99. The quantitative estimate of drug-likeness (QED) is 0.632. The topological polar surface area (TPSA) is 91.7 Å². The van der Waals surface area contributed by atoms with Crippen LogP contribution < -0.4 is 10.1 Å². The third-order valence-corrected chi connectivity index (χ3v) is 4.45. The molecular weight excluding hydrogens is 356 g/mol. The summed E-state index contributed by atoms with van der Waals surface area (Å²) in [5, 5.41) is 21.2. The number of carbonyl (C=O) groups is 1. The number of phenolic OH excluding ortho intramolecular Hbond substituents is 1. The molecule has 144 valence electrons. The van der Waals surface area contributed by atoms with Crippen molar-refractivity contribution in [2.24, 2.45) is 0 Å². The molecule has 6 nitrogen and oxygen atoms in total. The van der Waals surface area contributed by atoms with E-state index in [1.807, 2.05) is 30.3 Å². The summed E-state index contributed by atoms with van der Waals surface area (Å²) in [4.78, 5) is 14.3. The Labute approximate surface area is 163 Å². The standard InChI is InChI=1S/C15H14O2.C7H8N2O2/c16-14-6-2-1-5-13(14)12-8-7-11-4-3-9-17-15(11)10-12;1-8-6-4-9-3-2-5(6)7(10)11/h1-2,5-8,10,16H,3-4,9H2;2-4,8H,1H3,(H,10,11). The number of phenols is 1. The van der Waals surface area contributed by atoms with E-state index in [-0.39, 0.29) is 5.56 Å². The Hall–Kier alpha value is -3.54. The summed E-state index contributed by atoms with van der Waals surface area (Å²) >= 11 is 0.